The zero-order valence-electron chi connectivity index (χ0n) is 17.7. The molecule has 2 aromatic carbocycles. The number of piperazine rings is 1. The predicted octanol–water partition coefficient (Wildman–Crippen LogP) is 1.48. The summed E-state index contributed by atoms with van der Waals surface area (Å²) < 4.78 is 52.4. The topological polar surface area (TPSA) is 96.5 Å². The number of Topliss-reactive ketones (excluding diaryl/α,β-unsaturated/α-hetero) is 1. The molecule has 0 spiro atoms. The Labute approximate surface area is 190 Å². The molecular weight excluding hydrogens is 453 g/mol. The van der Waals surface area contributed by atoms with Gasteiger partial charge in [0.1, 0.15) is 5.82 Å². The van der Waals surface area contributed by atoms with E-state index in [0.29, 0.717) is 43.5 Å². The zero-order chi connectivity index (χ0) is 23.2. The van der Waals surface area contributed by atoms with Gasteiger partial charge in [-0.2, -0.15) is 4.31 Å². The molecule has 3 aliphatic rings. The molecule has 0 saturated carbocycles. The van der Waals surface area contributed by atoms with Crippen LogP contribution in [0.5, 0.6) is 11.5 Å². The van der Waals surface area contributed by atoms with E-state index in [4.69, 9.17) is 9.47 Å². The Hall–Kier alpha value is -3.02. The SMILES string of the molecule is O=C1C(=O)N(CN2CCN(S(=O)(=O)c3ccc4c(c3)OCCCO4)CC2)c2ccc(F)cc21. The van der Waals surface area contributed by atoms with Gasteiger partial charge in [-0.3, -0.25) is 19.4 Å². The fourth-order valence-electron chi connectivity index (χ4n) is 4.18. The fraction of sp³-hybridized carbons (Fsp3) is 0.364. The van der Waals surface area contributed by atoms with Gasteiger partial charge in [0.15, 0.2) is 11.5 Å². The van der Waals surface area contributed by atoms with E-state index in [1.807, 2.05) is 4.90 Å². The van der Waals surface area contributed by atoms with Crippen molar-refractivity contribution in [3.05, 3.63) is 47.8 Å². The maximum atomic E-state index is 13.5. The number of rotatable bonds is 4. The molecule has 0 aromatic heterocycles. The van der Waals surface area contributed by atoms with Crippen molar-refractivity contribution in [2.45, 2.75) is 11.3 Å². The quantitative estimate of drug-likeness (QED) is 0.618. The van der Waals surface area contributed by atoms with E-state index in [9.17, 15) is 22.4 Å². The second kappa shape index (κ2) is 8.40. The summed E-state index contributed by atoms with van der Waals surface area (Å²) in [7, 11) is -3.74. The molecule has 0 radical (unpaired) electrons. The van der Waals surface area contributed by atoms with Crippen LogP contribution in [0.3, 0.4) is 0 Å². The van der Waals surface area contributed by atoms with E-state index in [2.05, 4.69) is 0 Å². The first-order valence-corrected chi connectivity index (χ1v) is 12.1. The third-order valence-corrected chi connectivity index (χ3v) is 7.86. The Kier molecular flexibility index (Phi) is 5.55. The molecule has 174 valence electrons. The summed E-state index contributed by atoms with van der Waals surface area (Å²) in [5.74, 6) is -1.08. The van der Waals surface area contributed by atoms with Crippen molar-refractivity contribution in [3.63, 3.8) is 0 Å². The number of benzene rings is 2. The van der Waals surface area contributed by atoms with Gasteiger partial charge in [-0.1, -0.05) is 0 Å². The van der Waals surface area contributed by atoms with Crippen LogP contribution in [0.2, 0.25) is 0 Å². The summed E-state index contributed by atoms with van der Waals surface area (Å²) in [6.45, 7) is 2.30. The fourth-order valence-corrected chi connectivity index (χ4v) is 5.62. The third kappa shape index (κ3) is 3.96. The number of carbonyl (C=O) groups is 2. The van der Waals surface area contributed by atoms with Crippen molar-refractivity contribution in [1.82, 2.24) is 9.21 Å². The molecule has 3 aliphatic heterocycles. The lowest BCUT2D eigenvalue weighted by Crippen LogP contribution is -2.52. The second-order valence-electron chi connectivity index (χ2n) is 8.05. The van der Waals surface area contributed by atoms with Crippen LogP contribution in [-0.4, -0.2) is 75.4 Å². The Morgan fingerprint density at radius 2 is 1.64 bits per heavy atom. The minimum atomic E-state index is -3.74. The number of nitrogens with zero attached hydrogens (tertiary/aromatic N) is 3. The molecule has 3 heterocycles. The van der Waals surface area contributed by atoms with Gasteiger partial charge in [0.25, 0.3) is 5.78 Å². The number of anilines is 1. The summed E-state index contributed by atoms with van der Waals surface area (Å²) in [5, 5.41) is 0. The van der Waals surface area contributed by atoms with Crippen molar-refractivity contribution in [2.24, 2.45) is 0 Å². The summed E-state index contributed by atoms with van der Waals surface area (Å²) >= 11 is 0. The predicted molar refractivity (Wildman–Crippen MR) is 115 cm³/mol. The third-order valence-electron chi connectivity index (χ3n) is 5.96. The summed E-state index contributed by atoms with van der Waals surface area (Å²) in [5.41, 5.74) is 0.421. The van der Waals surface area contributed by atoms with Crippen LogP contribution in [0.25, 0.3) is 0 Å². The van der Waals surface area contributed by atoms with Crippen molar-refractivity contribution in [3.8, 4) is 11.5 Å². The lowest BCUT2D eigenvalue weighted by Gasteiger charge is -2.35. The smallest absolute Gasteiger partial charge is 0.300 e. The van der Waals surface area contributed by atoms with Crippen LogP contribution >= 0.6 is 0 Å². The Morgan fingerprint density at radius 3 is 2.39 bits per heavy atom. The van der Waals surface area contributed by atoms with Gasteiger partial charge in [0.05, 0.1) is 36.0 Å². The highest BCUT2D eigenvalue weighted by atomic mass is 32.2. The molecule has 5 rings (SSSR count). The number of halogens is 1. The highest BCUT2D eigenvalue weighted by molar-refractivity contribution is 7.89. The molecular formula is C22H22FN3O6S. The monoisotopic (exact) mass is 475 g/mol. The van der Waals surface area contributed by atoms with Gasteiger partial charge < -0.3 is 9.47 Å². The Balaban J connectivity index is 1.26. The molecule has 2 aromatic rings. The molecule has 1 fully saturated rings. The van der Waals surface area contributed by atoms with E-state index in [1.165, 1.54) is 33.5 Å². The number of hydrogen-bond donors (Lipinski definition) is 0. The molecule has 1 saturated heterocycles. The molecule has 0 N–H and O–H groups in total. The molecule has 33 heavy (non-hydrogen) atoms. The van der Waals surface area contributed by atoms with Crippen LogP contribution < -0.4 is 14.4 Å². The minimum absolute atomic E-state index is 0.0515. The molecule has 11 heteroatoms. The molecule has 1 amide bonds. The number of sulfonamides is 1. The van der Waals surface area contributed by atoms with E-state index in [-0.39, 0.29) is 30.2 Å². The Morgan fingerprint density at radius 1 is 0.909 bits per heavy atom. The standard InChI is InChI=1S/C22H22FN3O6S/c23-15-2-4-18-17(12-15)21(27)22(28)26(18)14-24-6-8-25(9-7-24)33(29,30)16-3-5-19-20(13-16)32-11-1-10-31-19/h2-5,12-13H,1,6-11,14H2. The number of hydrogen-bond acceptors (Lipinski definition) is 7. The zero-order valence-corrected chi connectivity index (χ0v) is 18.5. The molecule has 0 bridgehead atoms. The Bertz CT molecular complexity index is 1230. The van der Waals surface area contributed by atoms with Gasteiger partial charge in [0.2, 0.25) is 10.0 Å². The van der Waals surface area contributed by atoms with Crippen LogP contribution in [0, 0.1) is 5.82 Å². The van der Waals surface area contributed by atoms with Crippen LogP contribution in [-0.2, 0) is 14.8 Å². The van der Waals surface area contributed by atoms with E-state index >= 15 is 0 Å². The first-order chi connectivity index (χ1) is 15.8. The largest absolute Gasteiger partial charge is 0.490 e. The second-order valence-corrected chi connectivity index (χ2v) is 9.98. The average Bonchev–Trinajstić information content (AvgIpc) is 2.97. The van der Waals surface area contributed by atoms with Crippen LogP contribution in [0.15, 0.2) is 41.3 Å². The molecule has 0 atom stereocenters. The van der Waals surface area contributed by atoms with E-state index in [0.717, 1.165) is 12.5 Å². The molecule has 0 unspecified atom stereocenters. The maximum Gasteiger partial charge on any atom is 0.300 e. The van der Waals surface area contributed by atoms with Crippen molar-refractivity contribution >= 4 is 27.4 Å². The van der Waals surface area contributed by atoms with E-state index in [1.54, 1.807) is 6.07 Å². The first kappa shape index (κ1) is 21.8. The van der Waals surface area contributed by atoms with Crippen LogP contribution in [0.4, 0.5) is 10.1 Å². The van der Waals surface area contributed by atoms with Gasteiger partial charge in [0, 0.05) is 38.7 Å². The summed E-state index contributed by atoms with van der Waals surface area (Å²) in [6, 6.07) is 8.30. The van der Waals surface area contributed by atoms with Gasteiger partial charge in [-0.25, -0.2) is 12.8 Å². The van der Waals surface area contributed by atoms with E-state index < -0.39 is 27.5 Å². The highest BCUT2D eigenvalue weighted by Crippen LogP contribution is 2.33. The lowest BCUT2D eigenvalue weighted by atomic mass is 10.1. The maximum absolute atomic E-state index is 13.5. The molecule has 9 nitrogen and oxygen atoms in total. The first-order valence-electron chi connectivity index (χ1n) is 10.6. The number of carbonyl (C=O) groups excluding carboxylic acids is 2. The number of ketones is 1. The number of amides is 1. The van der Waals surface area contributed by atoms with Gasteiger partial charge in [-0.05, 0) is 30.3 Å². The van der Waals surface area contributed by atoms with Crippen molar-refractivity contribution in [2.75, 3.05) is 51.0 Å². The van der Waals surface area contributed by atoms with Crippen molar-refractivity contribution < 1.29 is 31.9 Å². The van der Waals surface area contributed by atoms with Gasteiger partial charge >= 0.3 is 5.91 Å². The summed E-state index contributed by atoms with van der Waals surface area (Å²) in [6.07, 6.45) is 0.725. The normalized spacial score (nSPS) is 19.5. The van der Waals surface area contributed by atoms with Crippen molar-refractivity contribution in [1.29, 1.82) is 0 Å². The minimum Gasteiger partial charge on any atom is -0.490 e. The summed E-state index contributed by atoms with van der Waals surface area (Å²) in [4.78, 5) is 27.9. The highest BCUT2D eigenvalue weighted by Gasteiger charge is 2.38. The number of ether oxygens (including phenoxy) is 2. The average molecular weight is 475 g/mol. The lowest BCUT2D eigenvalue weighted by molar-refractivity contribution is -0.114. The van der Waals surface area contributed by atoms with Gasteiger partial charge in [-0.15, -0.1) is 0 Å². The van der Waals surface area contributed by atoms with Crippen LogP contribution in [0.1, 0.15) is 16.8 Å². The number of fused-ring (bicyclic) bond motifs is 2. The molecule has 0 aliphatic carbocycles.